The maximum atomic E-state index is 8.83. The van der Waals surface area contributed by atoms with E-state index in [2.05, 4.69) is 4.89 Å². The second kappa shape index (κ2) is 17.1. The number of hydrogen-bond acceptors (Lipinski definition) is 6. The molecule has 54 valence electrons. The zero-order valence-electron chi connectivity index (χ0n) is 5.05. The topological polar surface area (TPSA) is 133 Å². The first-order chi connectivity index (χ1) is 4.00. The van der Waals surface area contributed by atoms with Crippen LogP contribution in [0.15, 0.2) is 0 Å². The first-order valence-corrected chi connectivity index (χ1v) is 1.41. The average molecular weight is 415 g/mol. The molecule has 0 aliphatic rings. The van der Waals surface area contributed by atoms with Crippen LogP contribution in [0, 0.1) is 71.2 Å². The van der Waals surface area contributed by atoms with E-state index in [1.807, 2.05) is 0 Å². The zero-order valence-corrected chi connectivity index (χ0v) is 12.3. The van der Waals surface area contributed by atoms with E-state index >= 15 is 0 Å². The zero-order chi connectivity index (χ0) is 7.86. The minimum Gasteiger partial charge on any atom is -0.659 e. The van der Waals surface area contributed by atoms with Gasteiger partial charge in [0.15, 0.2) is 0 Å². The van der Waals surface area contributed by atoms with Crippen LogP contribution in [0.3, 0.4) is 0 Å². The molecular formula is C2HLa2O7+3. The molecule has 0 aromatic heterocycles. The van der Waals surface area contributed by atoms with Crippen molar-refractivity contribution in [1.82, 2.24) is 0 Å². The molecule has 0 saturated carbocycles. The standard InChI is InChI=1S/CH2O4.CH2O3.2La/c2-1(3)5-4;2-1(3)4;;/h4H,(H,2,3);(H2,2,3,4);;/q;;2*+3/p-3. The summed E-state index contributed by atoms with van der Waals surface area (Å²) in [7, 11) is 0. The third kappa shape index (κ3) is 103. The Morgan fingerprint density at radius 1 is 1.18 bits per heavy atom. The molecule has 0 heterocycles. The quantitative estimate of drug-likeness (QED) is 0.321. The molecule has 0 radical (unpaired) electrons. The molecular weight excluding hydrogens is 414 g/mol. The average Bonchev–Trinajstić information content (AvgIpc) is 1.65. The smallest absolute Gasteiger partial charge is 0.659 e. The molecule has 0 aliphatic carbocycles. The summed E-state index contributed by atoms with van der Waals surface area (Å²) in [4.78, 5) is 19.6. The van der Waals surface area contributed by atoms with Crippen molar-refractivity contribution in [1.29, 1.82) is 0 Å². The van der Waals surface area contributed by atoms with E-state index in [0.717, 1.165) is 0 Å². The van der Waals surface area contributed by atoms with Gasteiger partial charge in [0.2, 0.25) is 0 Å². The van der Waals surface area contributed by atoms with Gasteiger partial charge in [-0.3, -0.25) is 0 Å². The fraction of sp³-hybridized carbons (Fsp3) is 0. The number of carbonyl (C=O) groups excluding carboxylic acids is 1. The van der Waals surface area contributed by atoms with Gasteiger partial charge in [-0.25, -0.2) is 4.79 Å². The number of carboxylic acid groups (broad SMARTS) is 3. The largest absolute Gasteiger partial charge is 3.00 e. The van der Waals surface area contributed by atoms with Crippen molar-refractivity contribution in [3.63, 3.8) is 0 Å². The fourth-order valence-corrected chi connectivity index (χ4v) is 0. The molecule has 0 aromatic rings. The molecule has 0 fully saturated rings. The van der Waals surface area contributed by atoms with Crippen molar-refractivity contribution in [3.05, 3.63) is 0 Å². The van der Waals surface area contributed by atoms with Crippen LogP contribution in [0.1, 0.15) is 0 Å². The van der Waals surface area contributed by atoms with Gasteiger partial charge in [0.25, 0.3) is 0 Å². The Balaban J connectivity index is -0.0000000383. The fourth-order valence-electron chi connectivity index (χ4n) is 0. The van der Waals surface area contributed by atoms with Crippen LogP contribution in [0.25, 0.3) is 0 Å². The van der Waals surface area contributed by atoms with E-state index in [1.165, 1.54) is 0 Å². The molecule has 1 N–H and O–H groups in total. The summed E-state index contributed by atoms with van der Waals surface area (Å²) in [6.07, 6.45) is -4.13. The Hall–Kier alpha value is 0.890. The Morgan fingerprint density at radius 2 is 1.27 bits per heavy atom. The SMILES string of the molecule is O=C(O)O[O-].O=C([O-])[O-].[La+3].[La+3]. The molecule has 0 amide bonds. The number of hydrogen-bond donors (Lipinski definition) is 1. The van der Waals surface area contributed by atoms with Crippen LogP contribution in [0.4, 0.5) is 9.59 Å². The van der Waals surface area contributed by atoms with Crippen LogP contribution < -0.4 is 15.5 Å². The predicted molar refractivity (Wildman–Crippen MR) is 14.5 cm³/mol. The second-order valence-corrected chi connectivity index (χ2v) is 0.599. The van der Waals surface area contributed by atoms with E-state index in [9.17, 15) is 0 Å². The monoisotopic (exact) mass is 415 g/mol. The van der Waals surface area contributed by atoms with Gasteiger partial charge in [0.1, 0.15) is 0 Å². The van der Waals surface area contributed by atoms with Crippen LogP contribution >= 0.6 is 0 Å². The third-order valence-electron chi connectivity index (χ3n) is 0.0713. The summed E-state index contributed by atoms with van der Waals surface area (Å²) in [6.45, 7) is 0. The Labute approximate surface area is 117 Å². The maximum absolute atomic E-state index is 8.83. The molecule has 0 saturated heterocycles. The first kappa shape index (κ1) is 22.7. The molecule has 11 heavy (non-hydrogen) atoms. The Morgan fingerprint density at radius 3 is 1.27 bits per heavy atom. The summed E-state index contributed by atoms with van der Waals surface area (Å²) in [5.74, 6) is 0. The van der Waals surface area contributed by atoms with Crippen LogP contribution in [0.5, 0.6) is 0 Å². The van der Waals surface area contributed by atoms with Crippen LogP contribution in [0.2, 0.25) is 0 Å². The molecule has 0 aliphatic heterocycles. The van der Waals surface area contributed by atoms with E-state index in [0.29, 0.717) is 0 Å². The van der Waals surface area contributed by atoms with E-state index in [4.69, 9.17) is 30.2 Å². The maximum Gasteiger partial charge on any atom is 3.00 e. The summed E-state index contributed by atoms with van der Waals surface area (Å²) in [6, 6.07) is 0. The summed E-state index contributed by atoms with van der Waals surface area (Å²) in [5.41, 5.74) is 0. The van der Waals surface area contributed by atoms with Crippen molar-refractivity contribution in [2.24, 2.45) is 0 Å². The molecule has 0 bridgehead atoms. The molecule has 0 rings (SSSR count). The Bertz CT molecular complexity index is 98.6. The molecule has 0 spiro atoms. The van der Waals surface area contributed by atoms with Gasteiger partial charge in [-0.1, -0.05) is 0 Å². The molecule has 0 atom stereocenters. The normalized spacial score (nSPS) is 5.18. The molecule has 7 nitrogen and oxygen atoms in total. The van der Waals surface area contributed by atoms with Gasteiger partial charge in [0, 0.05) is 0 Å². The minimum atomic E-state index is -2.33. The second-order valence-electron chi connectivity index (χ2n) is 0.599. The van der Waals surface area contributed by atoms with Crippen molar-refractivity contribution in [2.75, 3.05) is 0 Å². The van der Waals surface area contributed by atoms with Crippen molar-refractivity contribution in [3.8, 4) is 0 Å². The number of rotatable bonds is 0. The van der Waals surface area contributed by atoms with Crippen molar-refractivity contribution >= 4 is 12.3 Å². The number of carbonyl (C=O) groups is 2. The van der Waals surface area contributed by atoms with Gasteiger partial charge >= 0.3 is 77.4 Å². The summed E-state index contributed by atoms with van der Waals surface area (Å²) in [5, 5.41) is 32.4. The third-order valence-corrected chi connectivity index (χ3v) is 0.0713. The van der Waals surface area contributed by atoms with Gasteiger partial charge < -0.3 is 30.3 Å². The Kier molecular flexibility index (Phi) is 35.2. The minimum absolute atomic E-state index is 0. The van der Waals surface area contributed by atoms with Crippen molar-refractivity contribution < 1.29 is 106 Å². The van der Waals surface area contributed by atoms with Crippen LogP contribution in [-0.2, 0) is 4.89 Å². The van der Waals surface area contributed by atoms with Gasteiger partial charge in [-0.05, 0) is 6.16 Å². The molecule has 9 heteroatoms. The van der Waals surface area contributed by atoms with Crippen molar-refractivity contribution in [2.45, 2.75) is 0 Å². The van der Waals surface area contributed by atoms with E-state index in [-0.39, 0.29) is 71.2 Å². The molecule has 0 aromatic carbocycles. The summed E-state index contributed by atoms with van der Waals surface area (Å²) >= 11 is 0. The first-order valence-electron chi connectivity index (χ1n) is 1.41. The summed E-state index contributed by atoms with van der Waals surface area (Å²) < 4.78 is 0. The van der Waals surface area contributed by atoms with Crippen LogP contribution in [-0.4, -0.2) is 17.4 Å². The van der Waals surface area contributed by atoms with E-state index in [1.54, 1.807) is 0 Å². The van der Waals surface area contributed by atoms with Gasteiger partial charge in [-0.2, -0.15) is 0 Å². The van der Waals surface area contributed by atoms with Gasteiger partial charge in [0.05, 0.1) is 0 Å². The predicted octanol–water partition coefficient (Wildman–Crippen LogP) is -3.49. The van der Waals surface area contributed by atoms with Gasteiger partial charge in [-0.15, -0.1) is 0 Å². The van der Waals surface area contributed by atoms with E-state index < -0.39 is 12.3 Å². The molecule has 0 unspecified atom stereocenters.